The molecule has 2 aliphatic rings. The number of aliphatic hydroxyl groups is 1. The van der Waals surface area contributed by atoms with E-state index in [0.29, 0.717) is 12.5 Å². The van der Waals surface area contributed by atoms with Crippen molar-refractivity contribution in [3.8, 4) is 0 Å². The monoisotopic (exact) mass is 182 g/mol. The highest BCUT2D eigenvalue weighted by Crippen LogP contribution is 2.44. The second-order valence-electron chi connectivity index (χ2n) is 3.93. The summed E-state index contributed by atoms with van der Waals surface area (Å²) < 4.78 is 4.92. The van der Waals surface area contributed by atoms with E-state index in [-0.39, 0.29) is 12.1 Å². The molecule has 3 nitrogen and oxygen atoms in total. The van der Waals surface area contributed by atoms with Gasteiger partial charge in [-0.2, -0.15) is 0 Å². The fourth-order valence-corrected chi connectivity index (χ4v) is 2.34. The van der Waals surface area contributed by atoms with E-state index in [4.69, 9.17) is 4.74 Å². The van der Waals surface area contributed by atoms with Gasteiger partial charge in [-0.3, -0.25) is 4.79 Å². The summed E-state index contributed by atoms with van der Waals surface area (Å²) in [6, 6.07) is 0. The Bertz CT molecular complexity index is 267. The summed E-state index contributed by atoms with van der Waals surface area (Å²) in [7, 11) is 0. The lowest BCUT2D eigenvalue weighted by Gasteiger charge is -2.15. The van der Waals surface area contributed by atoms with Crippen LogP contribution in [0.15, 0.2) is 11.1 Å². The molecule has 2 atom stereocenters. The predicted octanol–water partition coefficient (Wildman–Crippen LogP) is 1.02. The number of ether oxygens (including phenoxy) is 1. The highest BCUT2D eigenvalue weighted by atomic mass is 16.5. The molecule has 3 heteroatoms. The maximum absolute atomic E-state index is 10.6. The molecule has 0 radical (unpaired) electrons. The van der Waals surface area contributed by atoms with E-state index in [2.05, 4.69) is 0 Å². The number of hydrogen-bond acceptors (Lipinski definition) is 3. The lowest BCUT2D eigenvalue weighted by Crippen LogP contribution is -2.14. The standard InChI is InChI=1S/C10H14O3/c1-6(11)13-5-8-2-7-3-9(8)10(12)4-7/h7,10,12H,2-5H2,1H3. The topological polar surface area (TPSA) is 46.5 Å². The van der Waals surface area contributed by atoms with Crippen molar-refractivity contribution in [2.24, 2.45) is 5.92 Å². The molecule has 1 N–H and O–H groups in total. The Morgan fingerprint density at radius 3 is 2.92 bits per heavy atom. The van der Waals surface area contributed by atoms with Crippen molar-refractivity contribution < 1.29 is 14.6 Å². The molecule has 2 rings (SSSR count). The first kappa shape index (κ1) is 8.75. The van der Waals surface area contributed by atoms with Crippen LogP contribution in [0.2, 0.25) is 0 Å². The third-order valence-corrected chi connectivity index (χ3v) is 2.91. The van der Waals surface area contributed by atoms with Gasteiger partial charge in [-0.15, -0.1) is 0 Å². The molecule has 2 unspecified atom stereocenters. The Morgan fingerprint density at radius 2 is 2.38 bits per heavy atom. The minimum atomic E-state index is -0.260. The van der Waals surface area contributed by atoms with E-state index in [1.165, 1.54) is 6.92 Å². The van der Waals surface area contributed by atoms with Crippen molar-refractivity contribution in [1.29, 1.82) is 0 Å². The van der Waals surface area contributed by atoms with Gasteiger partial charge < -0.3 is 9.84 Å². The maximum atomic E-state index is 10.6. The number of fused-ring (bicyclic) bond motifs is 2. The van der Waals surface area contributed by atoms with Gasteiger partial charge in [0.1, 0.15) is 6.61 Å². The first-order valence-corrected chi connectivity index (χ1v) is 4.69. The average Bonchev–Trinajstić information content (AvgIpc) is 2.58. The van der Waals surface area contributed by atoms with Crippen molar-refractivity contribution in [2.75, 3.05) is 6.61 Å². The molecule has 0 aromatic rings. The largest absolute Gasteiger partial charge is 0.461 e. The van der Waals surface area contributed by atoms with Gasteiger partial charge in [0.05, 0.1) is 6.10 Å². The Balaban J connectivity index is 2.00. The third-order valence-electron chi connectivity index (χ3n) is 2.91. The number of aliphatic hydroxyl groups excluding tert-OH is 1. The smallest absolute Gasteiger partial charge is 0.302 e. The number of carbonyl (C=O) groups excluding carboxylic acids is 1. The minimum absolute atomic E-state index is 0.245. The van der Waals surface area contributed by atoms with E-state index in [0.717, 1.165) is 30.4 Å². The summed E-state index contributed by atoms with van der Waals surface area (Å²) in [6.07, 6.45) is 2.67. The lowest BCUT2D eigenvalue weighted by molar-refractivity contribution is -0.140. The predicted molar refractivity (Wildman–Crippen MR) is 47.0 cm³/mol. The van der Waals surface area contributed by atoms with Gasteiger partial charge in [-0.05, 0) is 36.3 Å². The summed E-state index contributed by atoms with van der Waals surface area (Å²) in [5, 5.41) is 9.56. The van der Waals surface area contributed by atoms with Gasteiger partial charge in [-0.1, -0.05) is 0 Å². The van der Waals surface area contributed by atoms with Crippen molar-refractivity contribution in [1.82, 2.24) is 0 Å². The van der Waals surface area contributed by atoms with Gasteiger partial charge in [0.15, 0.2) is 0 Å². The molecule has 0 aromatic carbocycles. The molecule has 0 amide bonds. The maximum Gasteiger partial charge on any atom is 0.302 e. The number of carbonyl (C=O) groups is 1. The minimum Gasteiger partial charge on any atom is -0.461 e. The zero-order valence-corrected chi connectivity index (χ0v) is 7.75. The zero-order valence-electron chi connectivity index (χ0n) is 7.75. The van der Waals surface area contributed by atoms with Crippen LogP contribution in [0.3, 0.4) is 0 Å². The molecule has 13 heavy (non-hydrogen) atoms. The molecule has 1 saturated carbocycles. The van der Waals surface area contributed by atoms with Crippen LogP contribution >= 0.6 is 0 Å². The van der Waals surface area contributed by atoms with E-state index in [9.17, 15) is 9.90 Å². The van der Waals surface area contributed by atoms with E-state index in [1.54, 1.807) is 0 Å². The zero-order chi connectivity index (χ0) is 9.42. The number of rotatable bonds is 2. The van der Waals surface area contributed by atoms with Crippen LogP contribution in [0.5, 0.6) is 0 Å². The molecule has 0 aliphatic heterocycles. The van der Waals surface area contributed by atoms with Gasteiger partial charge in [0, 0.05) is 6.92 Å². The fourth-order valence-electron chi connectivity index (χ4n) is 2.34. The Kier molecular flexibility index (Phi) is 2.12. The molecular weight excluding hydrogens is 168 g/mol. The second kappa shape index (κ2) is 3.14. The van der Waals surface area contributed by atoms with E-state index < -0.39 is 0 Å². The lowest BCUT2D eigenvalue weighted by atomic mass is 9.98. The first-order valence-electron chi connectivity index (χ1n) is 4.69. The molecule has 1 fully saturated rings. The Morgan fingerprint density at radius 1 is 1.62 bits per heavy atom. The Hall–Kier alpha value is -0.830. The molecule has 72 valence electrons. The first-order chi connectivity index (χ1) is 6.16. The molecule has 2 aliphatic carbocycles. The summed E-state index contributed by atoms with van der Waals surface area (Å²) in [6.45, 7) is 1.80. The SMILES string of the molecule is CC(=O)OCC1=C2CC(C1)CC2O. The molecular formula is C10H14O3. The highest BCUT2D eigenvalue weighted by molar-refractivity contribution is 5.66. The van der Waals surface area contributed by atoms with Crippen LogP contribution in [0.25, 0.3) is 0 Å². The van der Waals surface area contributed by atoms with Crippen LogP contribution in [-0.4, -0.2) is 23.8 Å². The van der Waals surface area contributed by atoms with Gasteiger partial charge >= 0.3 is 5.97 Å². The third kappa shape index (κ3) is 1.61. The Labute approximate surface area is 77.4 Å². The second-order valence-corrected chi connectivity index (χ2v) is 3.93. The molecule has 2 bridgehead atoms. The average molecular weight is 182 g/mol. The quantitative estimate of drug-likeness (QED) is 0.512. The summed E-state index contributed by atoms with van der Waals surface area (Å²) in [4.78, 5) is 10.6. The number of esters is 1. The summed E-state index contributed by atoms with van der Waals surface area (Å²) in [5.41, 5.74) is 2.28. The summed E-state index contributed by atoms with van der Waals surface area (Å²) in [5.74, 6) is 0.362. The normalized spacial score (nSPS) is 31.2. The van der Waals surface area contributed by atoms with Gasteiger partial charge in [0.25, 0.3) is 0 Å². The van der Waals surface area contributed by atoms with Crippen molar-refractivity contribution >= 4 is 5.97 Å². The molecule has 0 saturated heterocycles. The fraction of sp³-hybridized carbons (Fsp3) is 0.700. The molecule has 0 heterocycles. The van der Waals surface area contributed by atoms with Crippen molar-refractivity contribution in [3.05, 3.63) is 11.1 Å². The van der Waals surface area contributed by atoms with Crippen LogP contribution in [0.4, 0.5) is 0 Å². The van der Waals surface area contributed by atoms with Crippen LogP contribution in [-0.2, 0) is 9.53 Å². The van der Waals surface area contributed by atoms with E-state index in [1.807, 2.05) is 0 Å². The van der Waals surface area contributed by atoms with E-state index >= 15 is 0 Å². The van der Waals surface area contributed by atoms with Crippen LogP contribution in [0.1, 0.15) is 26.2 Å². The van der Waals surface area contributed by atoms with Crippen molar-refractivity contribution in [2.45, 2.75) is 32.3 Å². The molecule has 0 aromatic heterocycles. The van der Waals surface area contributed by atoms with Gasteiger partial charge in [0.2, 0.25) is 0 Å². The van der Waals surface area contributed by atoms with Crippen LogP contribution in [0, 0.1) is 5.92 Å². The van der Waals surface area contributed by atoms with Crippen LogP contribution < -0.4 is 0 Å². The van der Waals surface area contributed by atoms with Crippen molar-refractivity contribution in [3.63, 3.8) is 0 Å². The molecule has 0 spiro atoms. The number of hydrogen-bond donors (Lipinski definition) is 1. The van der Waals surface area contributed by atoms with Gasteiger partial charge in [-0.25, -0.2) is 0 Å². The highest BCUT2D eigenvalue weighted by Gasteiger charge is 2.36. The summed E-state index contributed by atoms with van der Waals surface area (Å²) >= 11 is 0.